The molecule has 2 aliphatic rings. The van der Waals surface area contributed by atoms with Gasteiger partial charge in [-0.15, -0.1) is 0 Å². The number of nitrogens with zero attached hydrogens (tertiary/aromatic N) is 4. The molecule has 182 valence electrons. The van der Waals surface area contributed by atoms with Gasteiger partial charge in [0.05, 0.1) is 11.4 Å². The van der Waals surface area contributed by atoms with Gasteiger partial charge in [0.2, 0.25) is 17.5 Å². The van der Waals surface area contributed by atoms with E-state index < -0.39 is 0 Å². The Bertz CT molecular complexity index is 1340. The monoisotopic (exact) mass is 518 g/mol. The molecule has 2 aliphatic heterocycles. The second-order valence-electron chi connectivity index (χ2n) is 8.83. The number of halogens is 1. The molecule has 3 heterocycles. The Balaban J connectivity index is 1.26. The number of nitriles is 1. The highest BCUT2D eigenvalue weighted by atomic mass is 32.2. The first-order valence-corrected chi connectivity index (χ1v) is 12.9. The maximum absolute atomic E-state index is 13.2. The Morgan fingerprint density at radius 1 is 1.14 bits per heavy atom. The average molecular weight is 519 g/mol. The van der Waals surface area contributed by atoms with Gasteiger partial charge in [-0.1, -0.05) is 66.4 Å². The van der Waals surface area contributed by atoms with E-state index in [1.165, 1.54) is 28.7 Å². The third kappa shape index (κ3) is 5.35. The summed E-state index contributed by atoms with van der Waals surface area (Å²) in [6, 6.07) is 18.6. The molecule has 1 amide bonds. The van der Waals surface area contributed by atoms with Crippen LogP contribution in [0.1, 0.15) is 35.6 Å². The van der Waals surface area contributed by atoms with Gasteiger partial charge in [-0.05, 0) is 48.4 Å². The quantitative estimate of drug-likeness (QED) is 0.313. The van der Waals surface area contributed by atoms with E-state index in [1.807, 2.05) is 6.07 Å². The van der Waals surface area contributed by atoms with Crippen LogP contribution in [-0.4, -0.2) is 33.2 Å². The first-order chi connectivity index (χ1) is 17.5. The summed E-state index contributed by atoms with van der Waals surface area (Å²) in [5.41, 5.74) is 2.33. The first kappa shape index (κ1) is 24.2. The Hall–Kier alpha value is -3.48. The minimum Gasteiger partial charge on any atom is -0.420 e. The molecule has 0 spiro atoms. The number of carbonyl (C=O) groups is 1. The molecule has 2 fully saturated rings. The van der Waals surface area contributed by atoms with Gasteiger partial charge in [-0.25, -0.2) is 4.39 Å². The fourth-order valence-electron chi connectivity index (χ4n) is 4.49. The van der Waals surface area contributed by atoms with E-state index in [2.05, 4.69) is 40.2 Å². The minimum absolute atomic E-state index is 0.204. The predicted octanol–water partition coefficient (Wildman–Crippen LogP) is 5.55. The van der Waals surface area contributed by atoms with Crippen molar-refractivity contribution in [2.45, 2.75) is 25.8 Å². The predicted molar refractivity (Wildman–Crippen MR) is 141 cm³/mol. The van der Waals surface area contributed by atoms with Crippen LogP contribution in [0.15, 0.2) is 63.9 Å². The molecule has 0 saturated carbocycles. The topological polar surface area (TPSA) is 73.4 Å². The van der Waals surface area contributed by atoms with Crippen LogP contribution < -0.4 is 4.90 Å². The summed E-state index contributed by atoms with van der Waals surface area (Å²) >= 11 is 6.55. The molecule has 0 unspecified atom stereocenters. The van der Waals surface area contributed by atoms with Crippen molar-refractivity contribution in [3.8, 4) is 6.07 Å². The molecule has 0 bridgehead atoms. The fourth-order valence-corrected chi connectivity index (χ4v) is 5.71. The lowest BCUT2D eigenvalue weighted by atomic mass is 9.90. The van der Waals surface area contributed by atoms with E-state index in [0.29, 0.717) is 21.0 Å². The van der Waals surface area contributed by atoms with Gasteiger partial charge in [-0.2, -0.15) is 10.2 Å². The zero-order valence-corrected chi connectivity index (χ0v) is 21.0. The maximum Gasteiger partial charge on any atom is 0.266 e. The Morgan fingerprint density at radius 3 is 2.56 bits per heavy atom. The van der Waals surface area contributed by atoms with E-state index in [-0.39, 0.29) is 29.9 Å². The molecule has 3 aromatic rings. The number of piperidine rings is 1. The Morgan fingerprint density at radius 2 is 1.86 bits per heavy atom. The number of rotatable bonds is 6. The number of hydrogen-bond acceptors (Lipinski definition) is 7. The third-order valence-corrected chi connectivity index (χ3v) is 7.76. The molecule has 2 saturated heterocycles. The number of anilines is 1. The fraction of sp³-hybridized carbons (Fsp3) is 0.259. The number of thioether (sulfide) groups is 1. The van der Waals surface area contributed by atoms with Crippen LogP contribution in [0.2, 0.25) is 0 Å². The van der Waals surface area contributed by atoms with Crippen molar-refractivity contribution in [1.29, 1.82) is 5.26 Å². The molecule has 5 rings (SSSR count). The van der Waals surface area contributed by atoms with Gasteiger partial charge in [0.15, 0.2) is 0 Å². The largest absolute Gasteiger partial charge is 0.420 e. The van der Waals surface area contributed by atoms with Crippen LogP contribution in [0.5, 0.6) is 0 Å². The lowest BCUT2D eigenvalue weighted by molar-refractivity contribution is -0.122. The molecular weight excluding hydrogens is 495 g/mol. The molecule has 36 heavy (non-hydrogen) atoms. The van der Waals surface area contributed by atoms with Crippen LogP contribution in [-0.2, 0) is 17.8 Å². The van der Waals surface area contributed by atoms with Gasteiger partial charge in [0.1, 0.15) is 16.2 Å². The highest BCUT2D eigenvalue weighted by Gasteiger charge is 2.33. The van der Waals surface area contributed by atoms with E-state index in [1.54, 1.807) is 12.1 Å². The summed E-state index contributed by atoms with van der Waals surface area (Å²) in [5.74, 6) is 0.630. The average Bonchev–Trinajstić information content (AvgIpc) is 3.42. The molecule has 0 N–H and O–H groups in total. The standard InChI is InChI=1S/C27H23FN4O2S2/c28-21-8-6-20(7-9-21)17-32-25(33)23(36-27(32)35)15-24-30-22(16-29)26(34-24)31-12-10-19(11-13-31)14-18-4-2-1-3-5-18/h1-9,15,19H,10-14,17H2/b23-15+. The molecule has 1 aromatic heterocycles. The zero-order valence-electron chi connectivity index (χ0n) is 19.4. The van der Waals surface area contributed by atoms with Crippen LogP contribution >= 0.6 is 24.0 Å². The van der Waals surface area contributed by atoms with Crippen molar-refractivity contribution in [1.82, 2.24) is 9.88 Å². The van der Waals surface area contributed by atoms with Crippen molar-refractivity contribution in [2.75, 3.05) is 18.0 Å². The number of benzene rings is 2. The molecule has 6 nitrogen and oxygen atoms in total. The number of thiocarbonyl (C=S) groups is 1. The lowest BCUT2D eigenvalue weighted by Gasteiger charge is -2.31. The highest BCUT2D eigenvalue weighted by Crippen LogP contribution is 2.35. The van der Waals surface area contributed by atoms with Gasteiger partial charge in [0.25, 0.3) is 5.91 Å². The molecule has 2 aromatic carbocycles. The van der Waals surface area contributed by atoms with Crippen LogP contribution in [0.25, 0.3) is 6.08 Å². The van der Waals surface area contributed by atoms with Crippen molar-refractivity contribution >= 4 is 46.2 Å². The van der Waals surface area contributed by atoms with Crippen molar-refractivity contribution < 1.29 is 13.6 Å². The SMILES string of the molecule is N#Cc1nc(/C=C2/SC(=S)N(Cc3ccc(F)cc3)C2=O)oc1N1CCC(Cc2ccccc2)CC1. The second-order valence-corrected chi connectivity index (χ2v) is 10.5. The van der Waals surface area contributed by atoms with Crippen molar-refractivity contribution in [3.63, 3.8) is 0 Å². The summed E-state index contributed by atoms with van der Waals surface area (Å²) in [4.78, 5) is 21.2. The number of oxazole rings is 1. The van der Waals surface area contributed by atoms with Gasteiger partial charge in [-0.3, -0.25) is 9.69 Å². The van der Waals surface area contributed by atoms with Crippen LogP contribution in [0.3, 0.4) is 0 Å². The van der Waals surface area contributed by atoms with Crippen LogP contribution in [0, 0.1) is 23.1 Å². The van der Waals surface area contributed by atoms with Crippen molar-refractivity contribution in [3.05, 3.63) is 88.0 Å². The summed E-state index contributed by atoms with van der Waals surface area (Å²) in [6.45, 7) is 1.81. The van der Waals surface area contributed by atoms with Gasteiger partial charge in [0, 0.05) is 19.2 Å². The smallest absolute Gasteiger partial charge is 0.266 e. The number of hydrogen-bond donors (Lipinski definition) is 0. The van der Waals surface area contributed by atoms with E-state index in [9.17, 15) is 14.4 Å². The summed E-state index contributed by atoms with van der Waals surface area (Å²) in [6.07, 6.45) is 4.58. The zero-order chi connectivity index (χ0) is 25.1. The maximum atomic E-state index is 13.2. The van der Waals surface area contributed by atoms with Gasteiger partial charge >= 0.3 is 0 Å². The van der Waals surface area contributed by atoms with E-state index in [4.69, 9.17) is 16.6 Å². The second kappa shape index (κ2) is 10.6. The first-order valence-electron chi connectivity index (χ1n) is 11.7. The van der Waals surface area contributed by atoms with E-state index >= 15 is 0 Å². The number of aromatic nitrogens is 1. The Kier molecular flexibility index (Phi) is 7.16. The summed E-state index contributed by atoms with van der Waals surface area (Å²) in [7, 11) is 0. The molecule has 9 heteroatoms. The van der Waals surface area contributed by atoms with Crippen LogP contribution in [0.4, 0.5) is 10.3 Å². The lowest BCUT2D eigenvalue weighted by Crippen LogP contribution is -2.34. The van der Waals surface area contributed by atoms with Gasteiger partial charge < -0.3 is 9.32 Å². The number of amides is 1. The molecule has 0 radical (unpaired) electrons. The molecule has 0 aliphatic carbocycles. The summed E-state index contributed by atoms with van der Waals surface area (Å²) < 4.78 is 19.6. The summed E-state index contributed by atoms with van der Waals surface area (Å²) in [5, 5.41) is 9.64. The normalized spacial score (nSPS) is 17.7. The van der Waals surface area contributed by atoms with Crippen molar-refractivity contribution in [2.24, 2.45) is 5.92 Å². The molecule has 0 atom stereocenters. The highest BCUT2D eigenvalue weighted by molar-refractivity contribution is 8.26. The van der Waals surface area contributed by atoms with E-state index in [0.717, 1.165) is 49.7 Å². The number of carbonyl (C=O) groups excluding carboxylic acids is 1. The third-order valence-electron chi connectivity index (χ3n) is 6.38. The minimum atomic E-state index is -0.336. The Labute approximate surface area is 218 Å². The molecular formula is C27H23FN4O2S2.